The van der Waals surface area contributed by atoms with E-state index >= 15 is 0 Å². The number of carbonyl (C=O) groups is 2. The number of aliphatic hydroxyl groups excluding tert-OH is 1. The lowest BCUT2D eigenvalue weighted by Crippen LogP contribution is -2.46. The number of carboxylic acids is 1. The molecule has 9 nitrogen and oxygen atoms in total. The summed E-state index contributed by atoms with van der Waals surface area (Å²) in [6.07, 6.45) is -0.741. The van der Waals surface area contributed by atoms with Gasteiger partial charge < -0.3 is 20.4 Å². The van der Waals surface area contributed by atoms with Crippen molar-refractivity contribution < 1.29 is 28.2 Å². The number of likely N-dealkylation sites (tertiary alicyclic amines) is 1. The molecule has 0 aliphatic carbocycles. The molecule has 0 bridgehead atoms. The van der Waals surface area contributed by atoms with Crippen molar-refractivity contribution in [3.05, 3.63) is 0 Å². The number of nitrogens with zero attached hydrogens (tertiary/aromatic N) is 1. The molecule has 1 saturated heterocycles. The first-order chi connectivity index (χ1) is 8.70. The van der Waals surface area contributed by atoms with Crippen LogP contribution in [0.5, 0.6) is 0 Å². The Labute approximate surface area is 110 Å². The minimum Gasteiger partial charge on any atom is -0.480 e. The van der Waals surface area contributed by atoms with Crippen LogP contribution in [0.1, 0.15) is 12.8 Å². The Hall–Kier alpha value is -1.39. The fourth-order valence-electron chi connectivity index (χ4n) is 1.84. The third kappa shape index (κ3) is 5.01. The predicted molar refractivity (Wildman–Crippen MR) is 64.7 cm³/mol. The van der Waals surface area contributed by atoms with Gasteiger partial charge in [-0.1, -0.05) is 0 Å². The van der Waals surface area contributed by atoms with Crippen molar-refractivity contribution in [2.24, 2.45) is 5.14 Å². The van der Waals surface area contributed by atoms with Crippen molar-refractivity contribution in [1.82, 2.24) is 10.2 Å². The largest absolute Gasteiger partial charge is 0.480 e. The monoisotopic (exact) mass is 295 g/mol. The Kier molecular flexibility index (Phi) is 5.09. The summed E-state index contributed by atoms with van der Waals surface area (Å²) >= 11 is 0. The second kappa shape index (κ2) is 6.17. The molecule has 1 fully saturated rings. The lowest BCUT2D eigenvalue weighted by atomic mass is 10.2. The lowest BCUT2D eigenvalue weighted by Gasteiger charge is -2.21. The number of aliphatic carboxylic acids is 1. The topological polar surface area (TPSA) is 150 Å². The van der Waals surface area contributed by atoms with Gasteiger partial charge in [-0.3, -0.25) is 0 Å². The van der Waals surface area contributed by atoms with Crippen molar-refractivity contribution in [3.63, 3.8) is 0 Å². The summed E-state index contributed by atoms with van der Waals surface area (Å²) in [6.45, 7) is 0.00614. The van der Waals surface area contributed by atoms with Crippen LogP contribution in [0.3, 0.4) is 0 Å². The molecule has 5 N–H and O–H groups in total. The van der Waals surface area contributed by atoms with Crippen LogP contribution in [0.25, 0.3) is 0 Å². The van der Waals surface area contributed by atoms with Crippen molar-refractivity contribution in [2.75, 3.05) is 18.8 Å². The molecule has 1 heterocycles. The molecular weight excluding hydrogens is 278 g/mol. The second-order valence-corrected chi connectivity index (χ2v) is 6.08. The first-order valence-corrected chi connectivity index (χ1v) is 7.38. The summed E-state index contributed by atoms with van der Waals surface area (Å²) in [5.74, 6) is -1.45. The molecule has 1 aliphatic rings. The normalized spacial score (nSPS) is 23.4. The number of β-amino-alcohol motifs (C(OH)–C–C–N with tert-alkyl or cyclic N) is 1. The van der Waals surface area contributed by atoms with Crippen LogP contribution in [0.2, 0.25) is 0 Å². The molecule has 1 aliphatic heterocycles. The van der Waals surface area contributed by atoms with E-state index < -0.39 is 34.2 Å². The Morgan fingerprint density at radius 1 is 1.42 bits per heavy atom. The summed E-state index contributed by atoms with van der Waals surface area (Å²) in [7, 11) is -3.57. The van der Waals surface area contributed by atoms with E-state index in [2.05, 4.69) is 5.32 Å². The number of carbonyl (C=O) groups excluding carboxylic acids is 1. The van der Waals surface area contributed by atoms with Gasteiger partial charge in [-0.25, -0.2) is 23.1 Å². The molecule has 110 valence electrons. The van der Waals surface area contributed by atoms with Gasteiger partial charge in [0.05, 0.1) is 11.9 Å². The number of nitrogens with two attached hydrogens (primary N) is 1. The number of hydrogen-bond acceptors (Lipinski definition) is 5. The van der Waals surface area contributed by atoms with Crippen molar-refractivity contribution in [2.45, 2.75) is 25.0 Å². The van der Waals surface area contributed by atoms with Gasteiger partial charge in [0.25, 0.3) is 0 Å². The van der Waals surface area contributed by atoms with Gasteiger partial charge in [-0.2, -0.15) is 0 Å². The fourth-order valence-corrected chi connectivity index (χ4v) is 2.39. The summed E-state index contributed by atoms with van der Waals surface area (Å²) in [4.78, 5) is 23.6. The highest BCUT2D eigenvalue weighted by molar-refractivity contribution is 7.89. The first-order valence-electron chi connectivity index (χ1n) is 5.66. The molecule has 0 saturated carbocycles. The van der Waals surface area contributed by atoms with Crippen LogP contribution >= 0.6 is 0 Å². The molecule has 1 rings (SSSR count). The molecule has 2 atom stereocenters. The molecule has 0 aromatic rings. The van der Waals surface area contributed by atoms with Crippen LogP contribution in [0.15, 0.2) is 0 Å². The highest BCUT2D eigenvalue weighted by Crippen LogP contribution is 2.17. The Bertz CT molecular complexity index is 451. The van der Waals surface area contributed by atoms with Crippen molar-refractivity contribution in [1.29, 1.82) is 0 Å². The molecular formula is C9H17N3O6S. The van der Waals surface area contributed by atoms with E-state index in [0.717, 1.165) is 4.90 Å². The Balaban J connectivity index is 2.42. The van der Waals surface area contributed by atoms with Crippen LogP contribution in [0.4, 0.5) is 4.79 Å². The number of nitrogens with one attached hydrogen (secondary N) is 1. The van der Waals surface area contributed by atoms with Gasteiger partial charge >= 0.3 is 12.0 Å². The fraction of sp³-hybridized carbons (Fsp3) is 0.778. The average molecular weight is 295 g/mol. The van der Waals surface area contributed by atoms with Crippen LogP contribution < -0.4 is 10.5 Å². The maximum absolute atomic E-state index is 11.7. The van der Waals surface area contributed by atoms with Gasteiger partial charge in [0.15, 0.2) is 0 Å². The summed E-state index contributed by atoms with van der Waals surface area (Å²) in [5.41, 5.74) is 0. The van der Waals surface area contributed by atoms with Gasteiger partial charge in [0, 0.05) is 19.5 Å². The minimum absolute atomic E-state index is 0.0140. The zero-order chi connectivity index (χ0) is 14.6. The van der Waals surface area contributed by atoms with Crippen LogP contribution in [-0.2, 0) is 14.8 Å². The van der Waals surface area contributed by atoms with Crippen LogP contribution in [0, 0.1) is 0 Å². The minimum atomic E-state index is -3.57. The average Bonchev–Trinajstić information content (AvgIpc) is 2.65. The second-order valence-electron chi connectivity index (χ2n) is 4.35. The highest BCUT2D eigenvalue weighted by atomic mass is 32.2. The lowest BCUT2D eigenvalue weighted by molar-refractivity contribution is -0.141. The van der Waals surface area contributed by atoms with Gasteiger partial charge in [0.2, 0.25) is 10.0 Å². The number of hydrogen-bond donors (Lipinski definition) is 4. The number of aliphatic hydroxyl groups is 1. The van der Waals surface area contributed by atoms with E-state index in [1.54, 1.807) is 0 Å². The van der Waals surface area contributed by atoms with E-state index in [9.17, 15) is 23.1 Å². The number of amides is 2. The third-order valence-electron chi connectivity index (χ3n) is 2.71. The van der Waals surface area contributed by atoms with E-state index in [-0.39, 0.29) is 31.7 Å². The van der Waals surface area contributed by atoms with E-state index in [1.165, 1.54) is 0 Å². The van der Waals surface area contributed by atoms with Crippen LogP contribution in [-0.4, -0.2) is 66.5 Å². The quantitative estimate of drug-likeness (QED) is 0.426. The van der Waals surface area contributed by atoms with Crippen molar-refractivity contribution in [3.8, 4) is 0 Å². The molecule has 2 amide bonds. The third-order valence-corrected chi connectivity index (χ3v) is 3.56. The summed E-state index contributed by atoms with van der Waals surface area (Å²) in [5, 5.41) is 25.5. The molecule has 19 heavy (non-hydrogen) atoms. The molecule has 0 spiro atoms. The first kappa shape index (κ1) is 15.7. The maximum Gasteiger partial charge on any atom is 0.326 e. The maximum atomic E-state index is 11.7. The number of primary sulfonamides is 1. The zero-order valence-corrected chi connectivity index (χ0v) is 11.0. The summed E-state index contributed by atoms with van der Waals surface area (Å²) in [6, 6.07) is -1.70. The Morgan fingerprint density at radius 3 is 2.58 bits per heavy atom. The number of rotatable bonds is 5. The zero-order valence-electron chi connectivity index (χ0n) is 10.2. The molecule has 0 radical (unpaired) electrons. The predicted octanol–water partition coefficient (Wildman–Crippen LogP) is -2.11. The standard InChI is InChI=1S/C9H17N3O6S/c10-19(17,18)3-1-2-11-9(16)12-5-6(13)4-7(12)8(14)15/h6-7,13H,1-5H2,(H,11,16)(H,14,15)(H2,10,17,18). The van der Waals surface area contributed by atoms with E-state index in [1.807, 2.05) is 0 Å². The molecule has 10 heteroatoms. The van der Waals surface area contributed by atoms with Crippen molar-refractivity contribution >= 4 is 22.0 Å². The highest BCUT2D eigenvalue weighted by Gasteiger charge is 2.38. The van der Waals surface area contributed by atoms with Gasteiger partial charge in [-0.05, 0) is 6.42 Å². The summed E-state index contributed by atoms with van der Waals surface area (Å²) < 4.78 is 21.3. The van der Waals surface area contributed by atoms with Gasteiger partial charge in [0.1, 0.15) is 6.04 Å². The number of carboxylic acid groups (broad SMARTS) is 1. The number of sulfonamides is 1. The van der Waals surface area contributed by atoms with Gasteiger partial charge in [-0.15, -0.1) is 0 Å². The Morgan fingerprint density at radius 2 is 2.05 bits per heavy atom. The van der Waals surface area contributed by atoms with E-state index in [4.69, 9.17) is 10.2 Å². The molecule has 0 aromatic heterocycles. The smallest absolute Gasteiger partial charge is 0.326 e. The van der Waals surface area contributed by atoms with E-state index in [0.29, 0.717) is 0 Å². The molecule has 2 unspecified atom stereocenters. The SMILES string of the molecule is NS(=O)(=O)CCCNC(=O)N1CC(O)CC1C(=O)O. The number of urea groups is 1. The molecule has 0 aromatic carbocycles.